The molecule has 2 heterocycles. The predicted molar refractivity (Wildman–Crippen MR) is 237 cm³/mol. The van der Waals surface area contributed by atoms with Crippen molar-refractivity contribution in [3.8, 4) is 0 Å². The summed E-state index contributed by atoms with van der Waals surface area (Å²) in [5.74, 6) is -11.1. The van der Waals surface area contributed by atoms with Crippen LogP contribution in [0.5, 0.6) is 0 Å². The Kier molecular flexibility index (Phi) is 31.4. The summed E-state index contributed by atoms with van der Waals surface area (Å²) in [6.07, 6.45) is 0. The van der Waals surface area contributed by atoms with Crippen LogP contribution in [0, 0.1) is 0 Å². The number of β-amino-alcohol motifs (C(OH)–C–C–N with tert-alkyl or cyclic N) is 2. The predicted octanol–water partition coefficient (Wildman–Crippen LogP) is -7.42. The monoisotopic (exact) mass is 1060 g/mol. The third kappa shape index (κ3) is 32.9. The number of aliphatic hydroxyl groups is 2. The lowest BCUT2D eigenvalue weighted by Gasteiger charge is -2.46. The van der Waals surface area contributed by atoms with E-state index in [2.05, 4.69) is 4.90 Å². The molecule has 12 N–H and O–H groups in total. The van der Waals surface area contributed by atoms with E-state index in [4.69, 9.17) is 44.9 Å². The minimum Gasteiger partial charge on any atom is -0.480 e. The lowest BCUT2D eigenvalue weighted by molar-refractivity contribution is -0.152. The molecule has 2 saturated heterocycles. The minimum absolute atomic E-state index is 0.0173. The maximum atomic E-state index is 12.3. The molecular weight excluding hydrogens is 993 g/mol. The second-order valence-electron chi connectivity index (χ2n) is 15.7. The van der Waals surface area contributed by atoms with Crippen molar-refractivity contribution in [2.45, 2.75) is 12.1 Å². The average molecular weight is 1060 g/mol. The van der Waals surface area contributed by atoms with E-state index in [9.17, 15) is 70.5 Å². The lowest BCUT2D eigenvalue weighted by Crippen LogP contribution is -2.65. The molecule has 32 nitrogen and oxygen atoms in total. The van der Waals surface area contributed by atoms with E-state index in [-0.39, 0.29) is 71.3 Å². The van der Waals surface area contributed by atoms with E-state index in [1.807, 2.05) is 4.90 Å². The molecule has 2 rings (SSSR count). The van der Waals surface area contributed by atoms with Crippen LogP contribution >= 0.6 is 0 Å². The molecule has 0 aromatic rings. The molecule has 0 amide bonds. The number of rotatable bonds is 33. The van der Waals surface area contributed by atoms with Gasteiger partial charge in [-0.3, -0.25) is 86.7 Å². The summed E-state index contributed by atoms with van der Waals surface area (Å²) in [6.45, 7) is -0.243. The zero-order valence-corrected chi connectivity index (χ0v) is 39.8. The normalized spacial score (nSPS) is 16.8. The van der Waals surface area contributed by atoms with E-state index in [0.717, 1.165) is 45.8 Å². The molecule has 2 aliphatic heterocycles. The first-order valence-electron chi connectivity index (χ1n) is 21.1. The highest BCUT2D eigenvalue weighted by molar-refractivity contribution is 7.86. The van der Waals surface area contributed by atoms with E-state index in [0.29, 0.717) is 19.6 Å². The molecule has 0 spiro atoms. The third-order valence-corrected chi connectivity index (χ3v) is 11.6. The Bertz CT molecular complexity index is 1820. The molecule has 2 atom stereocenters. The van der Waals surface area contributed by atoms with Crippen LogP contribution in [-0.4, -0.2) is 345 Å². The summed E-state index contributed by atoms with van der Waals surface area (Å²) < 4.78 is 60.9. The highest BCUT2D eigenvalue weighted by Gasteiger charge is 2.41. The molecule has 2 aliphatic rings. The van der Waals surface area contributed by atoms with E-state index in [1.165, 1.54) is 0 Å². The van der Waals surface area contributed by atoms with Crippen molar-refractivity contribution in [3.63, 3.8) is 0 Å². The van der Waals surface area contributed by atoms with Crippen LogP contribution in [-0.2, 0) is 58.6 Å². The van der Waals surface area contributed by atoms with Gasteiger partial charge >= 0.3 is 47.8 Å². The van der Waals surface area contributed by atoms with Gasteiger partial charge in [0.05, 0.1) is 70.5 Å². The maximum absolute atomic E-state index is 12.3. The van der Waals surface area contributed by atoms with Crippen LogP contribution in [0.1, 0.15) is 0 Å². The summed E-state index contributed by atoms with van der Waals surface area (Å²) in [5, 5.41) is 90.0. The second kappa shape index (κ2) is 33.7. The SMILES string of the molecule is O=C(O)CN(CCN(CC(=O)O)C(C(=O)O)C1CN(CCS(=O)(=O)O)CCN1CCO)CC(=O)O.O=C(O)CN(CCN(CC(=O)O)CC(=O)O)CC(=O)O.O=S(=O)(O)CCN1CCN(CCO)CC1. The Morgan fingerprint density at radius 3 is 1.07 bits per heavy atom. The number of carbonyl (C=O) groups is 8. The van der Waals surface area contributed by atoms with Gasteiger partial charge in [0.25, 0.3) is 20.2 Å². The first kappa shape index (κ1) is 65.2. The molecule has 34 heteroatoms. The van der Waals surface area contributed by atoms with Crippen molar-refractivity contribution in [3.05, 3.63) is 0 Å². The number of carboxylic acid groups (broad SMARTS) is 8. The number of piperazine rings is 2. The first-order chi connectivity index (χ1) is 32.4. The Balaban J connectivity index is 0.00000114. The van der Waals surface area contributed by atoms with Crippen molar-refractivity contribution >= 4 is 68.0 Å². The number of nitrogens with zero attached hydrogens (tertiary/aromatic N) is 8. The smallest absolute Gasteiger partial charge is 0.322 e. The number of carboxylic acids is 8. The number of hydrogen-bond acceptors (Lipinski definition) is 22. The minimum atomic E-state index is -4.27. The standard InChI is InChI=1S/C18H32N4O12S.C10H16N2O8.C8H18N2O4S/c23-7-5-21-3-1-19(6-8-35(32,33)34)9-13(21)17(18(30)31)22(12-16(28)29)4-2-20(10-14(24)25)11-15(26)27;13-7(14)3-11(4-8(15)16)1-2-12(5-9(17)18)6-10(19)20;11-7-5-9-1-3-10(4-2-9)6-8-15(12,13)14/h13,17,23H,1-12H2,(H,24,25)(H,26,27)(H,28,29)(H,30,31)(H,32,33,34);1-6H2,(H,13,14)(H,15,16)(H,17,18)(H,19,20);11H,1-8H2,(H,12,13,14). The van der Waals surface area contributed by atoms with Crippen molar-refractivity contribution in [1.82, 2.24) is 39.2 Å². The van der Waals surface area contributed by atoms with Crippen molar-refractivity contribution in [2.24, 2.45) is 0 Å². The molecule has 0 saturated carbocycles. The Morgan fingerprint density at radius 2 is 0.757 bits per heavy atom. The van der Waals surface area contributed by atoms with Gasteiger partial charge in [0, 0.05) is 104 Å². The molecule has 406 valence electrons. The van der Waals surface area contributed by atoms with E-state index in [1.54, 1.807) is 9.80 Å². The molecule has 0 aromatic carbocycles. The lowest BCUT2D eigenvalue weighted by atomic mass is 10.0. The first-order valence-corrected chi connectivity index (χ1v) is 24.4. The van der Waals surface area contributed by atoms with Gasteiger partial charge in [-0.25, -0.2) is 0 Å². The van der Waals surface area contributed by atoms with Gasteiger partial charge in [-0.05, 0) is 0 Å². The summed E-state index contributed by atoms with van der Waals surface area (Å²) >= 11 is 0. The second-order valence-corrected chi connectivity index (χ2v) is 18.9. The van der Waals surface area contributed by atoms with Gasteiger partial charge in [-0.2, -0.15) is 16.8 Å². The Morgan fingerprint density at radius 1 is 0.443 bits per heavy atom. The van der Waals surface area contributed by atoms with Crippen molar-refractivity contribution in [2.75, 3.05) is 169 Å². The van der Waals surface area contributed by atoms with Gasteiger partial charge in [0.2, 0.25) is 0 Å². The largest absolute Gasteiger partial charge is 0.480 e. The van der Waals surface area contributed by atoms with Gasteiger partial charge in [-0.1, -0.05) is 0 Å². The number of aliphatic carboxylic acids is 8. The molecule has 2 unspecified atom stereocenters. The van der Waals surface area contributed by atoms with Crippen LogP contribution in [0.25, 0.3) is 0 Å². The summed E-state index contributed by atoms with van der Waals surface area (Å²) in [5.41, 5.74) is 0. The van der Waals surface area contributed by atoms with Crippen LogP contribution in [0.2, 0.25) is 0 Å². The maximum Gasteiger partial charge on any atom is 0.322 e. The van der Waals surface area contributed by atoms with Crippen LogP contribution in [0.4, 0.5) is 0 Å². The number of hydrogen-bond donors (Lipinski definition) is 12. The van der Waals surface area contributed by atoms with E-state index >= 15 is 0 Å². The van der Waals surface area contributed by atoms with Crippen LogP contribution in [0.15, 0.2) is 0 Å². The quantitative estimate of drug-likeness (QED) is 0.0272. The summed E-state index contributed by atoms with van der Waals surface area (Å²) in [7, 11) is -8.12. The fraction of sp³-hybridized carbons (Fsp3) is 0.778. The zero-order valence-electron chi connectivity index (χ0n) is 38.2. The number of aliphatic hydroxyl groups excluding tert-OH is 2. The molecule has 0 bridgehead atoms. The molecule has 2 fully saturated rings. The van der Waals surface area contributed by atoms with Gasteiger partial charge in [-0.15, -0.1) is 0 Å². The van der Waals surface area contributed by atoms with Crippen LogP contribution < -0.4 is 0 Å². The Hall–Kier alpha value is -4.82. The molecule has 0 aromatic heterocycles. The fourth-order valence-corrected chi connectivity index (χ4v) is 8.06. The van der Waals surface area contributed by atoms with Crippen molar-refractivity contribution < 1.29 is 115 Å². The van der Waals surface area contributed by atoms with Crippen molar-refractivity contribution in [1.29, 1.82) is 0 Å². The van der Waals surface area contributed by atoms with Gasteiger partial charge in [0.1, 0.15) is 6.04 Å². The average Bonchev–Trinajstić information content (AvgIpc) is 3.20. The highest BCUT2D eigenvalue weighted by Crippen LogP contribution is 2.19. The molecule has 0 aliphatic carbocycles. The third-order valence-electron chi connectivity index (χ3n) is 10.2. The molecule has 0 radical (unpaired) electrons. The topological polar surface area (TPSA) is 474 Å². The summed E-state index contributed by atoms with van der Waals surface area (Å²) in [4.78, 5) is 99.7. The summed E-state index contributed by atoms with van der Waals surface area (Å²) in [6, 6.07) is -2.37. The van der Waals surface area contributed by atoms with Gasteiger partial charge in [0.15, 0.2) is 0 Å². The fourth-order valence-electron chi connectivity index (χ4n) is 7.08. The van der Waals surface area contributed by atoms with E-state index < -0.39 is 132 Å². The molecule has 70 heavy (non-hydrogen) atoms. The molecular formula is C36H66N8O24S2. The Labute approximate surface area is 402 Å². The highest BCUT2D eigenvalue weighted by atomic mass is 32.2. The zero-order chi connectivity index (χ0) is 53.8. The van der Waals surface area contributed by atoms with Crippen LogP contribution in [0.3, 0.4) is 0 Å². The van der Waals surface area contributed by atoms with Gasteiger partial charge < -0.3 is 51.1 Å².